The summed E-state index contributed by atoms with van der Waals surface area (Å²) in [6, 6.07) is 4.98. The lowest BCUT2D eigenvalue weighted by Crippen LogP contribution is -2.63. The molecule has 1 saturated heterocycles. The van der Waals surface area contributed by atoms with E-state index in [0.717, 1.165) is 0 Å². The Morgan fingerprint density at radius 3 is 2.81 bits per heavy atom. The molecule has 2 unspecified atom stereocenters. The summed E-state index contributed by atoms with van der Waals surface area (Å²) in [5.74, 6) is -0.747. The summed E-state index contributed by atoms with van der Waals surface area (Å²) < 4.78 is 13.8. The second kappa shape index (κ2) is 4.72. The number of likely N-dealkylation sites (N-methyl/N-ethyl adjacent to an activating group) is 1. The van der Waals surface area contributed by atoms with Crippen molar-refractivity contribution >= 4 is 17.9 Å². The van der Waals surface area contributed by atoms with E-state index in [9.17, 15) is 14.0 Å². The minimum Gasteiger partial charge on any atom is -0.370 e. The number of nitrogens with zero attached hydrogens (tertiary/aromatic N) is 3. The van der Waals surface area contributed by atoms with E-state index in [-0.39, 0.29) is 18.3 Å². The quantitative estimate of drug-likeness (QED) is 0.791. The maximum Gasteiger partial charge on any atom is 0.325 e. The zero-order valence-corrected chi connectivity index (χ0v) is 11.3. The van der Waals surface area contributed by atoms with Crippen LogP contribution in [-0.2, 0) is 11.3 Å². The van der Waals surface area contributed by atoms with Gasteiger partial charge in [0.2, 0.25) is 0 Å². The standard InChI is InChI=1S/C13H14FN5O2/c1-18-10-9(11(20)17-13(18)21)19(12(15)16-10)6-7-4-2-3-5-8(7)14/h2-5,9-10H,6H2,1H3,(H2,15,16)(H,17,20,21). The van der Waals surface area contributed by atoms with Gasteiger partial charge in [-0.3, -0.25) is 10.1 Å². The molecule has 3 amide bonds. The number of imide groups is 1. The largest absolute Gasteiger partial charge is 0.370 e. The number of fused-ring (bicyclic) bond motifs is 1. The lowest BCUT2D eigenvalue weighted by molar-refractivity contribution is -0.127. The maximum absolute atomic E-state index is 13.8. The van der Waals surface area contributed by atoms with E-state index in [1.165, 1.54) is 22.9 Å². The first kappa shape index (κ1) is 13.3. The second-order valence-electron chi connectivity index (χ2n) is 4.97. The van der Waals surface area contributed by atoms with Gasteiger partial charge in [-0.2, -0.15) is 0 Å². The van der Waals surface area contributed by atoms with Gasteiger partial charge in [0.15, 0.2) is 18.2 Å². The molecule has 2 atom stereocenters. The van der Waals surface area contributed by atoms with Crippen LogP contribution in [0.25, 0.3) is 0 Å². The molecule has 0 saturated carbocycles. The molecule has 0 bridgehead atoms. The fourth-order valence-electron chi connectivity index (χ4n) is 2.54. The summed E-state index contributed by atoms with van der Waals surface area (Å²) >= 11 is 0. The lowest BCUT2D eigenvalue weighted by Gasteiger charge is -2.35. The number of amides is 3. The number of urea groups is 1. The van der Waals surface area contributed by atoms with Gasteiger partial charge in [-0.05, 0) is 6.07 Å². The summed E-state index contributed by atoms with van der Waals surface area (Å²) in [6.07, 6.45) is -0.682. The number of benzene rings is 1. The zero-order chi connectivity index (χ0) is 15.1. The Labute approximate surface area is 120 Å². The topological polar surface area (TPSA) is 91.0 Å². The van der Waals surface area contributed by atoms with Crippen LogP contribution in [0, 0.1) is 5.82 Å². The SMILES string of the molecule is CN1C(=O)NC(=O)C2C1N=C(N)N2Cc1ccccc1F. The smallest absolute Gasteiger partial charge is 0.325 e. The minimum atomic E-state index is -0.743. The van der Waals surface area contributed by atoms with Gasteiger partial charge in [0, 0.05) is 19.2 Å². The number of halogens is 1. The molecule has 1 aromatic rings. The van der Waals surface area contributed by atoms with Crippen LogP contribution in [0.1, 0.15) is 5.56 Å². The molecular weight excluding hydrogens is 277 g/mol. The van der Waals surface area contributed by atoms with E-state index in [2.05, 4.69) is 10.3 Å². The van der Waals surface area contributed by atoms with Crippen molar-refractivity contribution < 1.29 is 14.0 Å². The van der Waals surface area contributed by atoms with Crippen LogP contribution in [0.15, 0.2) is 29.3 Å². The fourth-order valence-corrected chi connectivity index (χ4v) is 2.54. The molecule has 0 radical (unpaired) electrons. The molecule has 1 fully saturated rings. The third kappa shape index (κ3) is 2.08. The second-order valence-corrected chi connectivity index (χ2v) is 4.97. The molecule has 0 spiro atoms. The number of aliphatic imine (C=N–C) groups is 1. The Kier molecular flexibility index (Phi) is 3.00. The molecule has 8 heteroatoms. The van der Waals surface area contributed by atoms with Gasteiger partial charge in [-0.25, -0.2) is 14.2 Å². The van der Waals surface area contributed by atoms with E-state index in [4.69, 9.17) is 5.73 Å². The molecular formula is C13H14FN5O2. The van der Waals surface area contributed by atoms with Crippen molar-refractivity contribution in [1.29, 1.82) is 0 Å². The first-order valence-corrected chi connectivity index (χ1v) is 6.40. The van der Waals surface area contributed by atoms with E-state index >= 15 is 0 Å². The highest BCUT2D eigenvalue weighted by molar-refractivity contribution is 6.03. The molecule has 21 heavy (non-hydrogen) atoms. The van der Waals surface area contributed by atoms with Crippen molar-refractivity contribution in [3.05, 3.63) is 35.6 Å². The van der Waals surface area contributed by atoms with Gasteiger partial charge in [0.25, 0.3) is 5.91 Å². The third-order valence-electron chi connectivity index (χ3n) is 3.69. The number of nitrogens with two attached hydrogens (primary N) is 1. The van der Waals surface area contributed by atoms with E-state index in [1.807, 2.05) is 0 Å². The van der Waals surface area contributed by atoms with Crippen molar-refractivity contribution in [2.75, 3.05) is 7.05 Å². The van der Waals surface area contributed by atoms with Crippen molar-refractivity contribution in [2.24, 2.45) is 10.7 Å². The van der Waals surface area contributed by atoms with Gasteiger partial charge in [0.05, 0.1) is 0 Å². The van der Waals surface area contributed by atoms with Crippen molar-refractivity contribution in [3.8, 4) is 0 Å². The van der Waals surface area contributed by atoms with Gasteiger partial charge in [-0.1, -0.05) is 18.2 Å². The summed E-state index contributed by atoms with van der Waals surface area (Å²) in [4.78, 5) is 30.6. The van der Waals surface area contributed by atoms with Gasteiger partial charge >= 0.3 is 6.03 Å². The summed E-state index contributed by atoms with van der Waals surface area (Å²) in [5.41, 5.74) is 6.25. The van der Waals surface area contributed by atoms with E-state index < -0.39 is 24.1 Å². The summed E-state index contributed by atoms with van der Waals surface area (Å²) in [6.45, 7) is 0.110. The molecule has 2 aliphatic heterocycles. The summed E-state index contributed by atoms with van der Waals surface area (Å²) in [5, 5.41) is 2.24. The van der Waals surface area contributed by atoms with Crippen LogP contribution in [-0.4, -0.2) is 47.0 Å². The van der Waals surface area contributed by atoms with Gasteiger partial charge in [0.1, 0.15) is 5.82 Å². The lowest BCUT2D eigenvalue weighted by atomic mass is 10.1. The number of hydrogen-bond acceptors (Lipinski definition) is 5. The molecule has 0 aliphatic carbocycles. The predicted octanol–water partition coefficient (Wildman–Crippen LogP) is -0.168. The highest BCUT2D eigenvalue weighted by atomic mass is 19.1. The van der Waals surface area contributed by atoms with Crippen LogP contribution in [0.3, 0.4) is 0 Å². The highest BCUT2D eigenvalue weighted by Crippen LogP contribution is 2.24. The monoisotopic (exact) mass is 291 g/mol. The maximum atomic E-state index is 13.8. The number of guanidine groups is 1. The first-order valence-electron chi connectivity index (χ1n) is 6.40. The van der Waals surface area contributed by atoms with Crippen LogP contribution in [0.5, 0.6) is 0 Å². The predicted molar refractivity (Wildman–Crippen MR) is 72.4 cm³/mol. The Bertz CT molecular complexity index is 647. The van der Waals surface area contributed by atoms with Crippen molar-refractivity contribution in [1.82, 2.24) is 15.1 Å². The van der Waals surface area contributed by atoms with Crippen molar-refractivity contribution in [3.63, 3.8) is 0 Å². The minimum absolute atomic E-state index is 0.110. The Morgan fingerprint density at radius 2 is 2.10 bits per heavy atom. The van der Waals surface area contributed by atoms with E-state index in [1.54, 1.807) is 18.2 Å². The molecule has 0 aromatic heterocycles. The molecule has 7 nitrogen and oxygen atoms in total. The molecule has 3 rings (SSSR count). The Hall–Kier alpha value is -2.64. The molecule has 3 N–H and O–H groups in total. The van der Waals surface area contributed by atoms with E-state index in [0.29, 0.717) is 5.56 Å². The normalized spacial score (nSPS) is 24.8. The first-order chi connectivity index (χ1) is 9.99. The fraction of sp³-hybridized carbons (Fsp3) is 0.308. The highest BCUT2D eigenvalue weighted by Gasteiger charge is 2.48. The molecule has 110 valence electrons. The molecule has 2 heterocycles. The number of rotatable bonds is 2. The zero-order valence-electron chi connectivity index (χ0n) is 11.3. The number of carbonyl (C=O) groups excluding carboxylic acids is 2. The van der Waals surface area contributed by atoms with Crippen LogP contribution in [0.4, 0.5) is 9.18 Å². The summed E-state index contributed by atoms with van der Waals surface area (Å²) in [7, 11) is 1.53. The molecule has 2 aliphatic rings. The number of carbonyl (C=O) groups is 2. The third-order valence-corrected chi connectivity index (χ3v) is 3.69. The van der Waals surface area contributed by atoms with Crippen LogP contribution >= 0.6 is 0 Å². The number of hydrogen-bond donors (Lipinski definition) is 2. The van der Waals surface area contributed by atoms with Crippen LogP contribution < -0.4 is 11.1 Å². The van der Waals surface area contributed by atoms with Gasteiger partial charge < -0.3 is 15.5 Å². The van der Waals surface area contributed by atoms with Gasteiger partial charge in [-0.15, -0.1) is 0 Å². The Morgan fingerprint density at radius 1 is 1.38 bits per heavy atom. The average Bonchev–Trinajstić information content (AvgIpc) is 2.77. The number of nitrogens with one attached hydrogen (secondary N) is 1. The van der Waals surface area contributed by atoms with Crippen LogP contribution in [0.2, 0.25) is 0 Å². The Balaban J connectivity index is 1.90. The molecule has 1 aromatic carbocycles. The average molecular weight is 291 g/mol. The van der Waals surface area contributed by atoms with Crippen molar-refractivity contribution in [2.45, 2.75) is 18.8 Å².